The normalized spacial score (nSPS) is 13.6. The van der Waals surface area contributed by atoms with Crippen molar-refractivity contribution in [3.63, 3.8) is 0 Å². The number of carbonyl (C=O) groups is 2. The van der Waals surface area contributed by atoms with Crippen molar-refractivity contribution in [3.8, 4) is 5.75 Å². The molecule has 6 heteroatoms. The fourth-order valence-electron chi connectivity index (χ4n) is 2.12. The van der Waals surface area contributed by atoms with Crippen LogP contribution in [0.25, 0.3) is 0 Å². The molecule has 0 saturated heterocycles. The second-order valence-corrected chi connectivity index (χ2v) is 5.08. The molecule has 20 heavy (non-hydrogen) atoms. The molecule has 0 radical (unpaired) electrons. The van der Waals surface area contributed by atoms with E-state index in [0.29, 0.717) is 17.0 Å². The van der Waals surface area contributed by atoms with Crippen LogP contribution in [0.4, 0.5) is 5.69 Å². The number of anilines is 1. The van der Waals surface area contributed by atoms with E-state index in [2.05, 4.69) is 20.9 Å². The highest BCUT2D eigenvalue weighted by Gasteiger charge is 2.39. The molecule has 0 saturated carbocycles. The van der Waals surface area contributed by atoms with Gasteiger partial charge in [0.25, 0.3) is 11.8 Å². The van der Waals surface area contributed by atoms with Crippen molar-refractivity contribution in [2.45, 2.75) is 0 Å². The predicted molar refractivity (Wildman–Crippen MR) is 76.1 cm³/mol. The summed E-state index contributed by atoms with van der Waals surface area (Å²) in [5.74, 6) is -0.390. The first-order valence-electron chi connectivity index (χ1n) is 5.81. The van der Waals surface area contributed by atoms with Crippen molar-refractivity contribution in [1.29, 1.82) is 0 Å². The average Bonchev–Trinajstić information content (AvgIpc) is 2.71. The third-order valence-corrected chi connectivity index (χ3v) is 3.52. The van der Waals surface area contributed by atoms with Crippen LogP contribution in [0.3, 0.4) is 0 Å². The van der Waals surface area contributed by atoms with Gasteiger partial charge >= 0.3 is 0 Å². The first-order chi connectivity index (χ1) is 9.63. The van der Waals surface area contributed by atoms with Crippen LogP contribution in [-0.2, 0) is 0 Å². The SMILES string of the molecule is COc1ccc(Br)cc1N1C(=O)c2cccnc2C1=O. The highest BCUT2D eigenvalue weighted by Crippen LogP contribution is 2.36. The van der Waals surface area contributed by atoms with Gasteiger partial charge in [0, 0.05) is 10.7 Å². The number of nitrogens with zero attached hydrogens (tertiary/aromatic N) is 2. The van der Waals surface area contributed by atoms with Gasteiger partial charge in [-0.15, -0.1) is 0 Å². The maximum absolute atomic E-state index is 12.4. The Balaban J connectivity index is 2.16. The van der Waals surface area contributed by atoms with Gasteiger partial charge in [-0.1, -0.05) is 15.9 Å². The first kappa shape index (κ1) is 12.8. The summed E-state index contributed by atoms with van der Waals surface area (Å²) in [5.41, 5.74) is 0.869. The molecule has 1 aromatic carbocycles. The van der Waals surface area contributed by atoms with Crippen LogP contribution in [-0.4, -0.2) is 23.9 Å². The highest BCUT2D eigenvalue weighted by molar-refractivity contribution is 9.10. The fourth-order valence-corrected chi connectivity index (χ4v) is 2.47. The van der Waals surface area contributed by atoms with Gasteiger partial charge in [-0.25, -0.2) is 4.90 Å². The van der Waals surface area contributed by atoms with Crippen LogP contribution in [0.5, 0.6) is 5.75 Å². The minimum absolute atomic E-state index is 0.166. The lowest BCUT2D eigenvalue weighted by Gasteiger charge is -2.17. The summed E-state index contributed by atoms with van der Waals surface area (Å²) in [4.78, 5) is 29.8. The summed E-state index contributed by atoms with van der Waals surface area (Å²) in [5, 5.41) is 0. The molecule has 2 aromatic rings. The van der Waals surface area contributed by atoms with E-state index in [0.717, 1.165) is 9.37 Å². The molecule has 0 spiro atoms. The molecule has 0 N–H and O–H groups in total. The molecular weight excluding hydrogens is 324 g/mol. The van der Waals surface area contributed by atoms with Gasteiger partial charge in [-0.2, -0.15) is 0 Å². The summed E-state index contributed by atoms with van der Waals surface area (Å²) in [6.45, 7) is 0. The Morgan fingerprint density at radius 2 is 2.00 bits per heavy atom. The summed E-state index contributed by atoms with van der Waals surface area (Å²) >= 11 is 3.33. The molecule has 100 valence electrons. The summed E-state index contributed by atoms with van der Waals surface area (Å²) < 4.78 is 5.97. The van der Waals surface area contributed by atoms with Crippen molar-refractivity contribution >= 4 is 33.4 Å². The molecule has 1 aliphatic heterocycles. The first-order valence-corrected chi connectivity index (χ1v) is 6.60. The number of hydrogen-bond donors (Lipinski definition) is 0. The molecule has 0 aliphatic carbocycles. The van der Waals surface area contributed by atoms with Crippen molar-refractivity contribution in [3.05, 3.63) is 52.3 Å². The van der Waals surface area contributed by atoms with Gasteiger partial charge in [-0.3, -0.25) is 14.6 Å². The van der Waals surface area contributed by atoms with Gasteiger partial charge in [0.1, 0.15) is 11.4 Å². The van der Waals surface area contributed by atoms with E-state index in [9.17, 15) is 9.59 Å². The van der Waals surface area contributed by atoms with Crippen LogP contribution in [0.15, 0.2) is 41.0 Å². The molecule has 2 amide bonds. The number of fused-ring (bicyclic) bond motifs is 1. The number of rotatable bonds is 2. The van der Waals surface area contributed by atoms with Crippen LogP contribution in [0.2, 0.25) is 0 Å². The third kappa shape index (κ3) is 1.80. The number of ether oxygens (including phenoxy) is 1. The number of aromatic nitrogens is 1. The Morgan fingerprint density at radius 3 is 2.70 bits per heavy atom. The second-order valence-electron chi connectivity index (χ2n) is 4.16. The lowest BCUT2D eigenvalue weighted by Crippen LogP contribution is -2.29. The van der Waals surface area contributed by atoms with E-state index in [-0.39, 0.29) is 5.69 Å². The Morgan fingerprint density at radius 1 is 1.20 bits per heavy atom. The smallest absolute Gasteiger partial charge is 0.284 e. The van der Waals surface area contributed by atoms with Crippen LogP contribution in [0.1, 0.15) is 20.8 Å². The van der Waals surface area contributed by atoms with E-state index < -0.39 is 11.8 Å². The summed E-state index contributed by atoms with van der Waals surface area (Å²) in [6, 6.07) is 8.36. The van der Waals surface area contributed by atoms with Gasteiger partial charge in [-0.05, 0) is 30.3 Å². The number of amides is 2. The molecular formula is C14H9BrN2O3. The van der Waals surface area contributed by atoms with Crippen molar-refractivity contribution < 1.29 is 14.3 Å². The number of halogens is 1. The lowest BCUT2D eigenvalue weighted by atomic mass is 10.2. The van der Waals surface area contributed by atoms with Crippen molar-refractivity contribution in [1.82, 2.24) is 4.98 Å². The highest BCUT2D eigenvalue weighted by atomic mass is 79.9. The maximum atomic E-state index is 12.4. The zero-order valence-electron chi connectivity index (χ0n) is 10.5. The molecule has 0 fully saturated rings. The van der Waals surface area contributed by atoms with Crippen molar-refractivity contribution in [2.24, 2.45) is 0 Å². The third-order valence-electron chi connectivity index (χ3n) is 3.03. The molecule has 0 unspecified atom stereocenters. The minimum atomic E-state index is -0.443. The van der Waals surface area contributed by atoms with Crippen LogP contribution in [0, 0.1) is 0 Å². The zero-order valence-corrected chi connectivity index (χ0v) is 12.0. The Bertz CT molecular complexity index is 695. The van der Waals surface area contributed by atoms with Crippen LogP contribution >= 0.6 is 15.9 Å². The average molecular weight is 333 g/mol. The summed E-state index contributed by atoms with van der Waals surface area (Å²) in [7, 11) is 1.49. The second kappa shape index (κ2) is 4.72. The molecule has 0 bridgehead atoms. The maximum Gasteiger partial charge on any atom is 0.284 e. The predicted octanol–water partition coefficient (Wildman–Crippen LogP) is 2.65. The molecule has 0 atom stereocenters. The van der Waals surface area contributed by atoms with Crippen LogP contribution < -0.4 is 9.64 Å². The topological polar surface area (TPSA) is 59.5 Å². The van der Waals surface area contributed by atoms with E-state index in [1.54, 1.807) is 30.3 Å². The van der Waals surface area contributed by atoms with E-state index in [4.69, 9.17) is 4.74 Å². The van der Waals surface area contributed by atoms with Gasteiger partial charge in [0.05, 0.1) is 18.4 Å². The molecule has 3 rings (SSSR count). The standard InChI is InChI=1S/C14H9BrN2O3/c1-20-11-5-4-8(15)7-10(11)17-13(18)9-3-2-6-16-12(9)14(17)19/h2-7H,1H3. The number of methoxy groups -OCH3 is 1. The number of benzene rings is 1. The number of imide groups is 1. The molecule has 2 heterocycles. The Kier molecular flexibility index (Phi) is 3.02. The largest absolute Gasteiger partial charge is 0.495 e. The van der Waals surface area contributed by atoms with E-state index >= 15 is 0 Å². The fraction of sp³-hybridized carbons (Fsp3) is 0.0714. The lowest BCUT2D eigenvalue weighted by molar-refractivity contribution is 0.0923. The molecule has 1 aromatic heterocycles. The number of hydrogen-bond acceptors (Lipinski definition) is 4. The number of carbonyl (C=O) groups excluding carboxylic acids is 2. The van der Waals surface area contributed by atoms with Crippen molar-refractivity contribution in [2.75, 3.05) is 12.0 Å². The van der Waals surface area contributed by atoms with Gasteiger partial charge in [0.2, 0.25) is 0 Å². The Labute approximate surface area is 123 Å². The Hall–Kier alpha value is -2.21. The van der Waals surface area contributed by atoms with E-state index in [1.807, 2.05) is 0 Å². The zero-order chi connectivity index (χ0) is 14.3. The minimum Gasteiger partial charge on any atom is -0.495 e. The molecule has 5 nitrogen and oxygen atoms in total. The van der Waals surface area contributed by atoms with Gasteiger partial charge < -0.3 is 4.74 Å². The van der Waals surface area contributed by atoms with Gasteiger partial charge in [0.15, 0.2) is 0 Å². The summed E-state index contributed by atoms with van der Waals surface area (Å²) in [6.07, 6.45) is 1.49. The monoisotopic (exact) mass is 332 g/mol. The number of pyridine rings is 1. The quantitative estimate of drug-likeness (QED) is 0.793. The van der Waals surface area contributed by atoms with E-state index in [1.165, 1.54) is 13.3 Å². The molecule has 1 aliphatic rings.